The van der Waals surface area contributed by atoms with Gasteiger partial charge < -0.3 is 14.5 Å². The Balaban J connectivity index is 1.94. The molecule has 7 nitrogen and oxygen atoms in total. The molecule has 0 spiro atoms. The van der Waals surface area contributed by atoms with Crippen molar-refractivity contribution >= 4 is 0 Å². The van der Waals surface area contributed by atoms with E-state index in [4.69, 9.17) is 4.74 Å². The number of piperazine rings is 1. The van der Waals surface area contributed by atoms with Crippen LogP contribution in [0.25, 0.3) is 0 Å². The molecule has 7 heteroatoms. The van der Waals surface area contributed by atoms with Crippen LogP contribution < -0.4 is 14.5 Å². The number of likely N-dealkylation sites (N-methyl/N-ethyl adjacent to an activating group) is 1. The van der Waals surface area contributed by atoms with Gasteiger partial charge in [0.25, 0.3) is 0 Å². The van der Waals surface area contributed by atoms with Gasteiger partial charge in [0.2, 0.25) is 5.82 Å². The lowest BCUT2D eigenvalue weighted by molar-refractivity contribution is -1.02. The molecule has 1 aromatic heterocycles. The number of tetrazole rings is 1. The summed E-state index contributed by atoms with van der Waals surface area (Å²) in [5, 5.41) is 12.6. The lowest BCUT2D eigenvalue weighted by Crippen LogP contribution is -3.28. The molecule has 25 heavy (non-hydrogen) atoms. The molecule has 1 fully saturated rings. The van der Waals surface area contributed by atoms with Crippen LogP contribution in [-0.2, 0) is 0 Å². The summed E-state index contributed by atoms with van der Waals surface area (Å²) in [6, 6.07) is 8.75. The molecule has 1 aliphatic rings. The molecule has 0 radical (unpaired) electrons. The number of nitrogens with zero attached hydrogens (tertiary/aromatic N) is 4. The third-order valence-electron chi connectivity index (χ3n) is 5.22. The van der Waals surface area contributed by atoms with Crippen molar-refractivity contribution in [3.8, 4) is 5.75 Å². The van der Waals surface area contributed by atoms with Crippen molar-refractivity contribution in [3.05, 3.63) is 35.7 Å². The SMILES string of the molecule is CC[NH+]1CC[NH+]([C@H](c2ccc(OC)cc2)c2nnnn2C(C)C)CC1. The second-order valence-electron chi connectivity index (χ2n) is 7.04. The molecule has 0 bridgehead atoms. The lowest BCUT2D eigenvalue weighted by atomic mass is 10.0. The fourth-order valence-electron chi connectivity index (χ4n) is 3.69. The van der Waals surface area contributed by atoms with Gasteiger partial charge in [0, 0.05) is 5.56 Å². The Kier molecular flexibility index (Phi) is 5.65. The number of aromatic nitrogens is 4. The van der Waals surface area contributed by atoms with Gasteiger partial charge in [0.15, 0.2) is 6.04 Å². The number of benzene rings is 1. The molecule has 3 rings (SSSR count). The largest absolute Gasteiger partial charge is 0.497 e. The van der Waals surface area contributed by atoms with E-state index in [0.29, 0.717) is 0 Å². The van der Waals surface area contributed by atoms with Crippen LogP contribution in [0.15, 0.2) is 24.3 Å². The van der Waals surface area contributed by atoms with Gasteiger partial charge in [0.05, 0.1) is 19.7 Å². The van der Waals surface area contributed by atoms with Crippen LogP contribution in [0.1, 0.15) is 44.2 Å². The Bertz CT molecular complexity index is 660. The zero-order valence-electron chi connectivity index (χ0n) is 15.7. The van der Waals surface area contributed by atoms with Gasteiger partial charge >= 0.3 is 0 Å². The summed E-state index contributed by atoms with van der Waals surface area (Å²) in [6.45, 7) is 12.4. The van der Waals surface area contributed by atoms with Gasteiger partial charge in [-0.1, -0.05) is 0 Å². The molecule has 1 atom stereocenters. The minimum Gasteiger partial charge on any atom is -0.497 e. The summed E-state index contributed by atoms with van der Waals surface area (Å²) in [5.74, 6) is 1.83. The third kappa shape index (κ3) is 3.82. The molecule has 2 aromatic rings. The van der Waals surface area contributed by atoms with Crippen LogP contribution in [0, 0.1) is 0 Å². The van der Waals surface area contributed by atoms with Gasteiger partial charge in [0.1, 0.15) is 31.9 Å². The quantitative estimate of drug-likeness (QED) is 0.716. The van der Waals surface area contributed by atoms with E-state index in [1.54, 1.807) is 16.9 Å². The van der Waals surface area contributed by atoms with Crippen molar-refractivity contribution in [2.24, 2.45) is 0 Å². The Morgan fingerprint density at radius 1 is 1.12 bits per heavy atom. The highest BCUT2D eigenvalue weighted by molar-refractivity contribution is 5.30. The van der Waals surface area contributed by atoms with Crippen molar-refractivity contribution < 1.29 is 14.5 Å². The van der Waals surface area contributed by atoms with Crippen molar-refractivity contribution in [1.29, 1.82) is 0 Å². The number of quaternary nitrogens is 2. The number of nitrogens with one attached hydrogen (secondary N) is 2. The predicted octanol–water partition coefficient (Wildman–Crippen LogP) is -0.845. The summed E-state index contributed by atoms with van der Waals surface area (Å²) in [4.78, 5) is 3.22. The van der Waals surface area contributed by atoms with E-state index in [1.165, 1.54) is 25.2 Å². The van der Waals surface area contributed by atoms with Gasteiger partial charge in [-0.05, 0) is 55.5 Å². The number of hydrogen-bond acceptors (Lipinski definition) is 4. The molecule has 0 unspecified atom stereocenters. The second-order valence-corrected chi connectivity index (χ2v) is 7.04. The van der Waals surface area contributed by atoms with Crippen molar-refractivity contribution in [2.45, 2.75) is 32.9 Å². The lowest BCUT2D eigenvalue weighted by Gasteiger charge is -2.34. The fraction of sp³-hybridized carbons (Fsp3) is 0.611. The Labute approximate surface area is 149 Å². The first-order chi connectivity index (χ1) is 12.1. The number of methoxy groups -OCH3 is 1. The van der Waals surface area contributed by atoms with Crippen LogP contribution >= 0.6 is 0 Å². The van der Waals surface area contributed by atoms with Gasteiger partial charge in [-0.15, -0.1) is 5.10 Å². The summed E-state index contributed by atoms with van der Waals surface area (Å²) in [7, 11) is 1.70. The van der Waals surface area contributed by atoms with Crippen molar-refractivity contribution in [2.75, 3.05) is 39.8 Å². The first kappa shape index (κ1) is 17.8. The maximum Gasteiger partial charge on any atom is 0.214 e. The molecule has 1 aliphatic heterocycles. The first-order valence-electron chi connectivity index (χ1n) is 9.23. The van der Waals surface area contributed by atoms with Crippen molar-refractivity contribution in [3.63, 3.8) is 0 Å². The van der Waals surface area contributed by atoms with Crippen LogP contribution in [-0.4, -0.2) is 60.0 Å². The van der Waals surface area contributed by atoms with Crippen LogP contribution in [0.3, 0.4) is 0 Å². The van der Waals surface area contributed by atoms with E-state index in [2.05, 4.69) is 48.4 Å². The van der Waals surface area contributed by atoms with Crippen molar-refractivity contribution in [1.82, 2.24) is 20.2 Å². The Hall–Kier alpha value is -1.99. The monoisotopic (exact) mass is 346 g/mol. The van der Waals surface area contributed by atoms with Crippen LogP contribution in [0.4, 0.5) is 0 Å². The number of ether oxygens (including phenoxy) is 1. The molecule has 2 N–H and O–H groups in total. The summed E-state index contributed by atoms with van der Waals surface area (Å²) in [6.07, 6.45) is 0. The molecular weight excluding hydrogens is 316 g/mol. The predicted molar refractivity (Wildman–Crippen MR) is 95.0 cm³/mol. The molecule has 2 heterocycles. The van der Waals surface area contributed by atoms with Crippen LogP contribution in [0.2, 0.25) is 0 Å². The van der Waals surface area contributed by atoms with Gasteiger partial charge in [-0.3, -0.25) is 0 Å². The average Bonchev–Trinajstić information content (AvgIpc) is 3.13. The van der Waals surface area contributed by atoms with E-state index in [9.17, 15) is 0 Å². The maximum absolute atomic E-state index is 5.32. The van der Waals surface area contributed by atoms with E-state index in [0.717, 1.165) is 24.7 Å². The number of hydrogen-bond donors (Lipinski definition) is 2. The Morgan fingerprint density at radius 2 is 1.80 bits per heavy atom. The molecule has 0 amide bonds. The summed E-state index contributed by atoms with van der Waals surface area (Å²) in [5.41, 5.74) is 1.24. The minimum absolute atomic E-state index is 0.154. The molecule has 136 valence electrons. The van der Waals surface area contributed by atoms with E-state index in [-0.39, 0.29) is 12.1 Å². The maximum atomic E-state index is 5.32. The first-order valence-corrected chi connectivity index (χ1v) is 9.23. The normalized spacial score (nSPS) is 22.1. The molecule has 0 saturated carbocycles. The Morgan fingerprint density at radius 3 is 2.36 bits per heavy atom. The van der Waals surface area contributed by atoms with E-state index in [1.807, 2.05) is 16.8 Å². The van der Waals surface area contributed by atoms with Gasteiger partial charge in [-0.25, -0.2) is 4.68 Å². The molecular formula is C18H30N6O+2. The number of rotatable bonds is 6. The van der Waals surface area contributed by atoms with Gasteiger partial charge in [-0.2, -0.15) is 0 Å². The topological polar surface area (TPSA) is 61.7 Å². The smallest absolute Gasteiger partial charge is 0.214 e. The summed E-state index contributed by atoms with van der Waals surface area (Å²) >= 11 is 0. The standard InChI is InChI=1S/C18H28N6O/c1-5-22-10-12-23(13-11-22)17(15-6-8-16(25-4)9-7-15)18-19-20-21-24(18)14(2)3/h6-9,14,17H,5,10-13H2,1-4H3/p+2/t17-/m1/s1. The second kappa shape index (κ2) is 7.93. The molecule has 1 aromatic carbocycles. The fourth-order valence-corrected chi connectivity index (χ4v) is 3.69. The van der Waals surface area contributed by atoms with Crippen LogP contribution in [0.5, 0.6) is 5.75 Å². The molecule has 1 saturated heterocycles. The highest BCUT2D eigenvalue weighted by atomic mass is 16.5. The average molecular weight is 346 g/mol. The summed E-state index contributed by atoms with van der Waals surface area (Å²) < 4.78 is 7.28. The zero-order valence-corrected chi connectivity index (χ0v) is 15.7. The van der Waals surface area contributed by atoms with E-state index < -0.39 is 0 Å². The highest BCUT2D eigenvalue weighted by Gasteiger charge is 2.35. The molecule has 0 aliphatic carbocycles. The highest BCUT2D eigenvalue weighted by Crippen LogP contribution is 2.21. The third-order valence-corrected chi connectivity index (χ3v) is 5.22. The minimum atomic E-state index is 0.154. The van der Waals surface area contributed by atoms with E-state index >= 15 is 0 Å². The zero-order chi connectivity index (χ0) is 17.8.